The molecule has 0 aliphatic heterocycles. The van der Waals surface area contributed by atoms with Crippen LogP contribution in [0.5, 0.6) is 0 Å². The van der Waals surface area contributed by atoms with E-state index >= 15 is 0 Å². The largest absolute Gasteiger partial charge is 0.310 e. The highest BCUT2D eigenvalue weighted by molar-refractivity contribution is 7.84. The third-order valence-corrected chi connectivity index (χ3v) is 4.05. The van der Waals surface area contributed by atoms with Crippen LogP contribution in [0.1, 0.15) is 30.0 Å². The van der Waals surface area contributed by atoms with Crippen LogP contribution in [0.3, 0.4) is 0 Å². The molecule has 2 unspecified atom stereocenters. The molecule has 1 aromatic carbocycles. The highest BCUT2D eigenvalue weighted by Crippen LogP contribution is 2.31. The van der Waals surface area contributed by atoms with Crippen molar-refractivity contribution in [3.8, 4) is 0 Å². The maximum atomic E-state index is 13.0. The highest BCUT2D eigenvalue weighted by Gasteiger charge is 2.21. The van der Waals surface area contributed by atoms with Gasteiger partial charge in [0.25, 0.3) is 0 Å². The number of halogens is 1. The Morgan fingerprint density at radius 3 is 3.12 bits per heavy atom. The topological polar surface area (TPSA) is 29.1 Å². The van der Waals surface area contributed by atoms with Crippen molar-refractivity contribution < 1.29 is 8.60 Å². The lowest BCUT2D eigenvalue weighted by molar-refractivity contribution is 0.529. The minimum atomic E-state index is -0.706. The maximum absolute atomic E-state index is 13.0. The number of hydrogen-bond acceptors (Lipinski definition) is 2. The molecular formula is C13H18FNOS. The van der Waals surface area contributed by atoms with Gasteiger partial charge in [-0.2, -0.15) is 0 Å². The molecule has 94 valence electrons. The van der Waals surface area contributed by atoms with Crippen molar-refractivity contribution in [1.82, 2.24) is 5.32 Å². The number of aryl methyl sites for hydroxylation is 1. The van der Waals surface area contributed by atoms with Crippen LogP contribution in [0.15, 0.2) is 18.2 Å². The van der Waals surface area contributed by atoms with Gasteiger partial charge in [0.15, 0.2) is 0 Å². The van der Waals surface area contributed by atoms with Crippen molar-refractivity contribution >= 4 is 10.8 Å². The average Bonchev–Trinajstić information content (AvgIpc) is 2.66. The van der Waals surface area contributed by atoms with E-state index in [1.165, 1.54) is 11.6 Å². The van der Waals surface area contributed by atoms with Crippen LogP contribution < -0.4 is 5.32 Å². The summed E-state index contributed by atoms with van der Waals surface area (Å²) in [7, 11) is -0.706. The maximum Gasteiger partial charge on any atom is 0.123 e. The molecule has 0 heterocycles. The number of hydrogen-bond donors (Lipinski definition) is 1. The smallest absolute Gasteiger partial charge is 0.123 e. The SMILES string of the molecule is CS(=O)CCCNC1CCc2cc(F)ccc21. The Morgan fingerprint density at radius 1 is 1.53 bits per heavy atom. The molecule has 4 heteroatoms. The minimum absolute atomic E-state index is 0.147. The second kappa shape index (κ2) is 5.74. The third kappa shape index (κ3) is 3.36. The van der Waals surface area contributed by atoms with E-state index in [0.717, 1.165) is 37.1 Å². The molecule has 1 aliphatic carbocycles. The highest BCUT2D eigenvalue weighted by atomic mass is 32.2. The first-order valence-corrected chi connectivity index (χ1v) is 7.71. The van der Waals surface area contributed by atoms with Crippen molar-refractivity contribution in [1.29, 1.82) is 0 Å². The van der Waals surface area contributed by atoms with E-state index < -0.39 is 10.8 Å². The van der Waals surface area contributed by atoms with E-state index in [1.807, 2.05) is 6.07 Å². The molecule has 2 nitrogen and oxygen atoms in total. The second-order valence-electron chi connectivity index (χ2n) is 4.52. The van der Waals surface area contributed by atoms with Gasteiger partial charge >= 0.3 is 0 Å². The molecule has 0 saturated heterocycles. The van der Waals surface area contributed by atoms with Gasteiger partial charge in [0.1, 0.15) is 5.82 Å². The summed E-state index contributed by atoms with van der Waals surface area (Å²) in [5, 5.41) is 3.46. The average molecular weight is 255 g/mol. The van der Waals surface area contributed by atoms with Crippen LogP contribution in [-0.4, -0.2) is 22.8 Å². The summed E-state index contributed by atoms with van der Waals surface area (Å²) in [5.41, 5.74) is 2.35. The summed E-state index contributed by atoms with van der Waals surface area (Å²) >= 11 is 0. The lowest BCUT2D eigenvalue weighted by Crippen LogP contribution is -2.21. The van der Waals surface area contributed by atoms with Gasteiger partial charge in [-0.05, 0) is 49.1 Å². The van der Waals surface area contributed by atoms with Gasteiger partial charge in [-0.15, -0.1) is 0 Å². The fraction of sp³-hybridized carbons (Fsp3) is 0.538. The van der Waals surface area contributed by atoms with E-state index in [-0.39, 0.29) is 5.82 Å². The first-order valence-electron chi connectivity index (χ1n) is 5.98. The van der Waals surface area contributed by atoms with Gasteiger partial charge in [0, 0.05) is 28.9 Å². The molecule has 1 aromatic rings. The van der Waals surface area contributed by atoms with Gasteiger partial charge in [0.05, 0.1) is 0 Å². The number of rotatable bonds is 5. The number of nitrogens with one attached hydrogen (secondary N) is 1. The van der Waals surface area contributed by atoms with Gasteiger partial charge < -0.3 is 5.32 Å². The summed E-state index contributed by atoms with van der Waals surface area (Å²) in [4.78, 5) is 0. The standard InChI is InChI=1S/C13H18FNOS/c1-17(16)8-2-7-15-13-6-3-10-9-11(14)4-5-12(10)13/h4-5,9,13,15H,2-3,6-8H2,1H3. The van der Waals surface area contributed by atoms with Crippen molar-refractivity contribution in [3.63, 3.8) is 0 Å². The molecule has 0 saturated carbocycles. The molecule has 1 aliphatic rings. The van der Waals surface area contributed by atoms with Crippen LogP contribution >= 0.6 is 0 Å². The molecule has 2 atom stereocenters. The zero-order valence-electron chi connectivity index (χ0n) is 10.0. The lowest BCUT2D eigenvalue weighted by Gasteiger charge is -2.13. The van der Waals surface area contributed by atoms with Crippen LogP contribution in [0.2, 0.25) is 0 Å². The molecule has 1 N–H and O–H groups in total. The van der Waals surface area contributed by atoms with Crippen molar-refractivity contribution in [3.05, 3.63) is 35.1 Å². The van der Waals surface area contributed by atoms with Gasteiger partial charge in [-0.1, -0.05) is 6.07 Å². The summed E-state index contributed by atoms with van der Waals surface area (Å²) in [6.07, 6.45) is 4.64. The molecule has 2 rings (SSSR count). The van der Waals surface area contributed by atoms with Crippen LogP contribution in [0.25, 0.3) is 0 Å². The quantitative estimate of drug-likeness (QED) is 0.817. The molecule has 0 amide bonds. The molecule has 0 bridgehead atoms. The van der Waals surface area contributed by atoms with E-state index in [9.17, 15) is 8.60 Å². The first kappa shape index (κ1) is 12.7. The Balaban J connectivity index is 1.87. The van der Waals surface area contributed by atoms with Crippen LogP contribution in [-0.2, 0) is 17.2 Å². The minimum Gasteiger partial charge on any atom is -0.310 e. The van der Waals surface area contributed by atoms with E-state index in [0.29, 0.717) is 6.04 Å². The van der Waals surface area contributed by atoms with E-state index in [4.69, 9.17) is 0 Å². The fourth-order valence-corrected chi connectivity index (χ4v) is 2.90. The second-order valence-corrected chi connectivity index (χ2v) is 6.07. The fourth-order valence-electron chi connectivity index (χ4n) is 2.35. The van der Waals surface area contributed by atoms with E-state index in [1.54, 1.807) is 12.3 Å². The predicted molar refractivity (Wildman–Crippen MR) is 69.0 cm³/mol. The van der Waals surface area contributed by atoms with Crippen LogP contribution in [0.4, 0.5) is 4.39 Å². The van der Waals surface area contributed by atoms with Crippen molar-refractivity contribution in [2.45, 2.75) is 25.3 Å². The Bertz CT molecular complexity index is 422. The van der Waals surface area contributed by atoms with Crippen LogP contribution in [0, 0.1) is 5.82 Å². The number of fused-ring (bicyclic) bond motifs is 1. The van der Waals surface area contributed by atoms with Gasteiger partial charge in [0.2, 0.25) is 0 Å². The summed E-state index contributed by atoms with van der Waals surface area (Å²) < 4.78 is 23.9. The molecule has 0 radical (unpaired) electrons. The van der Waals surface area contributed by atoms with Gasteiger partial charge in [-0.3, -0.25) is 4.21 Å². The Morgan fingerprint density at radius 2 is 2.35 bits per heavy atom. The zero-order chi connectivity index (χ0) is 12.3. The third-order valence-electron chi connectivity index (χ3n) is 3.18. The zero-order valence-corrected chi connectivity index (χ0v) is 10.9. The van der Waals surface area contributed by atoms with Crippen molar-refractivity contribution in [2.24, 2.45) is 0 Å². The van der Waals surface area contributed by atoms with Crippen molar-refractivity contribution in [2.75, 3.05) is 18.6 Å². The molecule has 17 heavy (non-hydrogen) atoms. The Hall–Kier alpha value is -0.740. The summed E-state index contributed by atoms with van der Waals surface area (Å²) in [6, 6.07) is 5.39. The van der Waals surface area contributed by atoms with E-state index in [2.05, 4.69) is 5.32 Å². The van der Waals surface area contributed by atoms with Gasteiger partial charge in [-0.25, -0.2) is 4.39 Å². The lowest BCUT2D eigenvalue weighted by atomic mass is 10.1. The Labute approximate surface area is 104 Å². The number of benzene rings is 1. The molecule has 0 fully saturated rings. The Kier molecular flexibility index (Phi) is 4.29. The predicted octanol–water partition coefficient (Wildman–Crippen LogP) is 2.17. The molecule has 0 spiro atoms. The normalized spacial score (nSPS) is 20.2. The summed E-state index contributed by atoms with van der Waals surface area (Å²) in [6.45, 7) is 0.876. The first-order chi connectivity index (χ1) is 8.16. The summed E-state index contributed by atoms with van der Waals surface area (Å²) in [5.74, 6) is 0.599. The monoisotopic (exact) mass is 255 g/mol. The molecule has 0 aromatic heterocycles. The molecular weight excluding hydrogens is 237 g/mol.